The van der Waals surface area contributed by atoms with Crippen LogP contribution in [0.3, 0.4) is 0 Å². The molecule has 3 aromatic carbocycles. The lowest BCUT2D eigenvalue weighted by atomic mass is 10.1. The summed E-state index contributed by atoms with van der Waals surface area (Å²) in [5, 5.41) is 4.89. The predicted octanol–water partition coefficient (Wildman–Crippen LogP) is 5.38. The normalized spacial score (nSPS) is 11.8. The van der Waals surface area contributed by atoms with Crippen molar-refractivity contribution in [2.24, 2.45) is 5.10 Å². The van der Waals surface area contributed by atoms with Crippen LogP contribution in [0.25, 0.3) is 17.1 Å². The maximum atomic E-state index is 12.3. The van der Waals surface area contributed by atoms with Crippen molar-refractivity contribution in [1.29, 1.82) is 0 Å². The van der Waals surface area contributed by atoms with E-state index in [-0.39, 0.29) is 11.7 Å². The number of amides is 1. The van der Waals surface area contributed by atoms with Crippen LogP contribution in [-0.4, -0.2) is 27.4 Å². The minimum absolute atomic E-state index is 0.169. The Kier molecular flexibility index (Phi) is 7.15. The molecular weight excluding hydrogens is 416 g/mol. The van der Waals surface area contributed by atoms with Crippen molar-refractivity contribution in [3.63, 3.8) is 0 Å². The molecule has 0 radical (unpaired) electrons. The highest BCUT2D eigenvalue weighted by Crippen LogP contribution is 2.25. The Morgan fingerprint density at radius 3 is 2.47 bits per heavy atom. The van der Waals surface area contributed by atoms with Crippen LogP contribution in [0.1, 0.15) is 18.1 Å². The van der Waals surface area contributed by atoms with Crippen molar-refractivity contribution in [2.45, 2.75) is 18.6 Å². The van der Waals surface area contributed by atoms with E-state index < -0.39 is 0 Å². The monoisotopic (exact) mass is 440 g/mol. The number of para-hydroxylation sites is 2. The third-order valence-corrected chi connectivity index (χ3v) is 5.76. The number of nitrogens with one attached hydrogen (secondary N) is 1. The number of hydrogen-bond acceptors (Lipinski definition) is 4. The van der Waals surface area contributed by atoms with Gasteiger partial charge in [0.1, 0.15) is 0 Å². The molecule has 32 heavy (non-hydrogen) atoms. The summed E-state index contributed by atoms with van der Waals surface area (Å²) in [5.41, 5.74) is 7.81. The highest BCUT2D eigenvalue weighted by atomic mass is 32.2. The largest absolute Gasteiger partial charge is 0.314 e. The van der Waals surface area contributed by atoms with Gasteiger partial charge in [-0.2, -0.15) is 5.10 Å². The van der Waals surface area contributed by atoms with Gasteiger partial charge in [-0.3, -0.25) is 4.79 Å². The quantitative estimate of drug-likeness (QED) is 0.227. The summed E-state index contributed by atoms with van der Waals surface area (Å²) in [7, 11) is 0. The molecule has 0 aliphatic heterocycles. The topological polar surface area (TPSA) is 59.3 Å². The summed E-state index contributed by atoms with van der Waals surface area (Å²) in [6.07, 6.45) is 3.66. The summed E-state index contributed by atoms with van der Waals surface area (Å²) in [4.78, 5) is 17.1. The Morgan fingerprint density at radius 1 is 1.00 bits per heavy atom. The summed E-state index contributed by atoms with van der Waals surface area (Å²) in [6.45, 7) is 2.65. The van der Waals surface area contributed by atoms with E-state index in [4.69, 9.17) is 4.98 Å². The average Bonchev–Trinajstić information content (AvgIpc) is 3.16. The fraction of sp³-hybridized carbons (Fsp3) is 0.115. The Morgan fingerprint density at radius 2 is 1.69 bits per heavy atom. The van der Waals surface area contributed by atoms with Crippen molar-refractivity contribution >= 4 is 41.0 Å². The van der Waals surface area contributed by atoms with Crippen molar-refractivity contribution in [3.05, 3.63) is 102 Å². The third-order valence-electron chi connectivity index (χ3n) is 4.79. The van der Waals surface area contributed by atoms with E-state index >= 15 is 0 Å². The summed E-state index contributed by atoms with van der Waals surface area (Å²) in [6, 6.07) is 28.3. The van der Waals surface area contributed by atoms with E-state index in [2.05, 4.69) is 33.3 Å². The van der Waals surface area contributed by atoms with Crippen LogP contribution in [-0.2, 0) is 11.3 Å². The van der Waals surface area contributed by atoms with Crippen molar-refractivity contribution in [2.75, 3.05) is 5.75 Å². The number of rotatable bonds is 8. The van der Waals surface area contributed by atoms with Gasteiger partial charge in [-0.05, 0) is 35.8 Å². The molecule has 0 fully saturated rings. The molecule has 0 atom stereocenters. The molecule has 0 aliphatic carbocycles. The first-order chi connectivity index (χ1) is 15.7. The number of thioether (sulfide) groups is 1. The number of imidazole rings is 1. The van der Waals surface area contributed by atoms with E-state index in [1.807, 2.05) is 79.7 Å². The minimum atomic E-state index is -0.169. The zero-order chi connectivity index (χ0) is 22.2. The zero-order valence-electron chi connectivity index (χ0n) is 17.8. The number of fused-ring (bicyclic) bond motifs is 1. The Labute approximate surface area is 191 Å². The van der Waals surface area contributed by atoms with Crippen LogP contribution in [0.2, 0.25) is 0 Å². The molecule has 0 unspecified atom stereocenters. The van der Waals surface area contributed by atoms with Gasteiger partial charge >= 0.3 is 0 Å². The number of allylic oxidation sites excluding steroid dienone is 1. The number of carbonyl (C=O) groups excluding carboxylic acids is 1. The second kappa shape index (κ2) is 10.6. The van der Waals surface area contributed by atoms with Gasteiger partial charge in [0, 0.05) is 0 Å². The van der Waals surface area contributed by atoms with Gasteiger partial charge in [0.05, 0.1) is 29.5 Å². The number of hydrazone groups is 1. The summed E-state index contributed by atoms with van der Waals surface area (Å²) < 4.78 is 2.15. The lowest BCUT2D eigenvalue weighted by Gasteiger charge is -2.09. The van der Waals surface area contributed by atoms with Crippen molar-refractivity contribution < 1.29 is 4.79 Å². The standard InChI is InChI=1S/C26H24N4OS/c1-20(16-21-10-4-2-5-11-21)17-27-29-25(31)19-32-26-28-23-14-8-9-15-24(23)30(26)18-22-12-6-3-7-13-22/h2-17H,18-19H2,1H3,(H,29,31)/b20-16-,27-17-. The van der Waals surface area contributed by atoms with Crippen LogP contribution in [0.15, 0.2) is 101 Å². The first-order valence-corrected chi connectivity index (χ1v) is 11.3. The molecule has 0 bridgehead atoms. The van der Waals surface area contributed by atoms with E-state index in [0.717, 1.165) is 27.3 Å². The van der Waals surface area contributed by atoms with Crippen LogP contribution >= 0.6 is 11.8 Å². The van der Waals surface area contributed by atoms with E-state index in [0.29, 0.717) is 6.54 Å². The van der Waals surface area contributed by atoms with Gasteiger partial charge in [0.25, 0.3) is 5.91 Å². The molecule has 6 heteroatoms. The highest BCUT2D eigenvalue weighted by molar-refractivity contribution is 7.99. The molecule has 0 saturated heterocycles. The zero-order valence-corrected chi connectivity index (χ0v) is 18.6. The molecule has 4 rings (SSSR count). The third kappa shape index (κ3) is 5.74. The first kappa shape index (κ1) is 21.6. The Bertz CT molecular complexity index is 1250. The molecular formula is C26H24N4OS. The van der Waals surface area contributed by atoms with Crippen LogP contribution in [0, 0.1) is 0 Å². The van der Waals surface area contributed by atoms with Crippen LogP contribution < -0.4 is 5.43 Å². The lowest BCUT2D eigenvalue weighted by Crippen LogP contribution is -2.20. The molecule has 1 amide bonds. The molecule has 1 heterocycles. The SMILES string of the molecule is CC(/C=N\NC(=O)CSc1nc2ccccc2n1Cc1ccccc1)=C/c1ccccc1. The smallest absolute Gasteiger partial charge is 0.250 e. The Balaban J connectivity index is 1.40. The van der Waals surface area contributed by atoms with Gasteiger partial charge in [-0.1, -0.05) is 90.6 Å². The summed E-state index contributed by atoms with van der Waals surface area (Å²) >= 11 is 1.41. The second-order valence-corrected chi connectivity index (χ2v) is 8.28. The fourth-order valence-electron chi connectivity index (χ4n) is 3.30. The first-order valence-electron chi connectivity index (χ1n) is 10.4. The molecule has 0 aliphatic rings. The number of aromatic nitrogens is 2. The van der Waals surface area contributed by atoms with Crippen molar-refractivity contribution in [3.8, 4) is 0 Å². The molecule has 4 aromatic rings. The molecule has 1 aromatic heterocycles. The minimum Gasteiger partial charge on any atom is -0.314 e. The van der Waals surface area contributed by atoms with E-state index in [9.17, 15) is 4.79 Å². The van der Waals surface area contributed by atoms with Crippen LogP contribution in [0.5, 0.6) is 0 Å². The molecule has 5 nitrogen and oxygen atoms in total. The fourth-order valence-corrected chi connectivity index (χ4v) is 4.11. The highest BCUT2D eigenvalue weighted by Gasteiger charge is 2.13. The maximum absolute atomic E-state index is 12.3. The predicted molar refractivity (Wildman–Crippen MR) is 133 cm³/mol. The van der Waals surface area contributed by atoms with Crippen molar-refractivity contribution in [1.82, 2.24) is 15.0 Å². The number of hydrogen-bond donors (Lipinski definition) is 1. The van der Waals surface area contributed by atoms with Crippen LogP contribution in [0.4, 0.5) is 0 Å². The van der Waals surface area contributed by atoms with Gasteiger partial charge in [-0.25, -0.2) is 10.4 Å². The molecule has 1 N–H and O–H groups in total. The summed E-state index contributed by atoms with van der Waals surface area (Å²) in [5.74, 6) is 0.0637. The maximum Gasteiger partial charge on any atom is 0.250 e. The van der Waals surface area contributed by atoms with Gasteiger partial charge in [-0.15, -0.1) is 0 Å². The molecule has 0 saturated carbocycles. The number of benzene rings is 3. The van der Waals surface area contributed by atoms with E-state index in [1.165, 1.54) is 17.3 Å². The number of nitrogens with zero attached hydrogens (tertiary/aromatic N) is 3. The lowest BCUT2D eigenvalue weighted by molar-refractivity contribution is -0.118. The molecule has 160 valence electrons. The Hall–Kier alpha value is -3.64. The number of carbonyl (C=O) groups is 1. The van der Waals surface area contributed by atoms with Gasteiger partial charge in [0.15, 0.2) is 5.16 Å². The average molecular weight is 441 g/mol. The van der Waals surface area contributed by atoms with E-state index in [1.54, 1.807) is 6.21 Å². The van der Waals surface area contributed by atoms with Gasteiger partial charge in [0.2, 0.25) is 0 Å². The second-order valence-electron chi connectivity index (χ2n) is 7.34. The molecule has 0 spiro atoms. The van der Waals surface area contributed by atoms with Gasteiger partial charge < -0.3 is 4.57 Å².